The first-order chi connectivity index (χ1) is 19.8. The van der Waals surface area contributed by atoms with Crippen LogP contribution in [0.5, 0.6) is 5.75 Å². The number of hydrogen-bond acceptors (Lipinski definition) is 8. The second-order valence-corrected chi connectivity index (χ2v) is 12.0. The van der Waals surface area contributed by atoms with E-state index >= 15 is 0 Å². The number of thiophene rings is 1. The van der Waals surface area contributed by atoms with Gasteiger partial charge in [-0.05, 0) is 72.4 Å². The minimum absolute atomic E-state index is 0.0613. The zero-order valence-electron chi connectivity index (χ0n) is 23.1. The Labute approximate surface area is 249 Å². The molecule has 9 nitrogen and oxygen atoms in total. The summed E-state index contributed by atoms with van der Waals surface area (Å²) in [5.74, 6) is 0.118. The number of nitrogens with zero attached hydrogens (tertiary/aromatic N) is 2. The predicted octanol–water partition coefficient (Wildman–Crippen LogP) is 5.41. The number of aryl methyl sites for hydroxylation is 1. The van der Waals surface area contributed by atoms with Gasteiger partial charge in [0, 0.05) is 18.8 Å². The molecule has 0 N–H and O–H groups in total. The molecule has 1 atom stereocenters. The lowest BCUT2D eigenvalue weighted by molar-refractivity contribution is -0.0752. The second-order valence-electron chi connectivity index (χ2n) is 9.66. The third kappa shape index (κ3) is 5.90. The molecule has 0 bridgehead atoms. The number of methoxy groups -OCH3 is 1. The molecule has 0 amide bonds. The number of carbonyl (C=O) groups excluding carboxylic acids is 1. The van der Waals surface area contributed by atoms with Gasteiger partial charge in [-0.15, -0.1) is 11.3 Å². The molecular formula is C30H31BrN2O7S. The van der Waals surface area contributed by atoms with Gasteiger partial charge in [-0.2, -0.15) is 0 Å². The minimum atomic E-state index is -0.548. The van der Waals surface area contributed by atoms with Crippen LogP contribution in [-0.2, 0) is 20.8 Å². The Balaban J connectivity index is 1.69. The predicted molar refractivity (Wildman–Crippen MR) is 161 cm³/mol. The summed E-state index contributed by atoms with van der Waals surface area (Å²) in [4.78, 5) is 41.1. The van der Waals surface area contributed by atoms with E-state index in [1.54, 1.807) is 36.8 Å². The maximum absolute atomic E-state index is 14.2. The number of fused-ring (bicyclic) bond motifs is 1. The molecule has 216 valence electrons. The Bertz CT molecular complexity index is 1690. The van der Waals surface area contributed by atoms with E-state index in [-0.39, 0.29) is 30.5 Å². The smallest absolute Gasteiger partial charge is 0.338 e. The van der Waals surface area contributed by atoms with Crippen LogP contribution in [0.4, 0.5) is 0 Å². The molecule has 4 aromatic rings. The molecule has 3 heterocycles. The first-order valence-electron chi connectivity index (χ1n) is 13.4. The summed E-state index contributed by atoms with van der Waals surface area (Å²) in [5, 5.41) is 0.424. The summed E-state index contributed by atoms with van der Waals surface area (Å²) >= 11 is 4.90. The van der Waals surface area contributed by atoms with E-state index in [1.165, 1.54) is 17.4 Å². The molecule has 0 spiro atoms. The third-order valence-electron chi connectivity index (χ3n) is 7.13. The van der Waals surface area contributed by atoms with Gasteiger partial charge in [0.15, 0.2) is 0 Å². The van der Waals surface area contributed by atoms with Crippen LogP contribution in [0.1, 0.15) is 47.4 Å². The number of aromatic nitrogens is 2. The molecule has 41 heavy (non-hydrogen) atoms. The maximum atomic E-state index is 14.2. The van der Waals surface area contributed by atoms with Crippen molar-refractivity contribution in [3.05, 3.63) is 89.8 Å². The van der Waals surface area contributed by atoms with E-state index in [1.807, 2.05) is 31.2 Å². The Hall–Kier alpha value is -3.25. The quantitative estimate of drug-likeness (QED) is 0.225. The number of benzene rings is 2. The van der Waals surface area contributed by atoms with Crippen LogP contribution in [0.25, 0.3) is 15.9 Å². The molecule has 2 aromatic carbocycles. The van der Waals surface area contributed by atoms with Gasteiger partial charge in [0.25, 0.3) is 5.56 Å². The van der Waals surface area contributed by atoms with E-state index in [4.69, 9.17) is 18.9 Å². The Morgan fingerprint density at radius 3 is 2.63 bits per heavy atom. The molecule has 11 heteroatoms. The van der Waals surface area contributed by atoms with E-state index in [0.717, 1.165) is 32.3 Å². The van der Waals surface area contributed by atoms with Crippen LogP contribution in [-0.4, -0.2) is 48.1 Å². The van der Waals surface area contributed by atoms with Gasteiger partial charge in [-0.3, -0.25) is 9.36 Å². The molecule has 1 saturated heterocycles. The van der Waals surface area contributed by atoms with Crippen molar-refractivity contribution in [3.8, 4) is 11.4 Å². The molecule has 1 unspecified atom stereocenters. The summed E-state index contributed by atoms with van der Waals surface area (Å²) < 4.78 is 26.4. The summed E-state index contributed by atoms with van der Waals surface area (Å²) in [5.41, 5.74) is 1.07. The first kappa shape index (κ1) is 29.2. The summed E-state index contributed by atoms with van der Waals surface area (Å²) in [6, 6.07) is 13.9. The summed E-state index contributed by atoms with van der Waals surface area (Å²) in [7, 11) is 1.60. The highest BCUT2D eigenvalue weighted by Gasteiger charge is 2.27. The topological polar surface area (TPSA) is 98.0 Å². The normalized spacial score (nSPS) is 14.7. The highest BCUT2D eigenvalue weighted by molar-refractivity contribution is 9.11. The van der Waals surface area contributed by atoms with E-state index in [9.17, 15) is 14.4 Å². The van der Waals surface area contributed by atoms with Gasteiger partial charge in [0.1, 0.15) is 16.7 Å². The fourth-order valence-corrected chi connectivity index (χ4v) is 6.74. The van der Waals surface area contributed by atoms with Gasteiger partial charge in [0.05, 0.1) is 46.8 Å². The number of esters is 1. The lowest BCUT2D eigenvalue weighted by atomic mass is 10.1. The largest absolute Gasteiger partial charge is 0.496 e. The number of halogens is 1. The molecule has 0 radical (unpaired) electrons. The van der Waals surface area contributed by atoms with Crippen LogP contribution < -0.4 is 16.0 Å². The molecule has 1 aliphatic rings. The number of carbonyl (C=O) groups is 1. The lowest BCUT2D eigenvalue weighted by Gasteiger charge is -2.29. The van der Waals surface area contributed by atoms with Crippen LogP contribution in [0.3, 0.4) is 0 Å². The second kappa shape index (κ2) is 12.7. The maximum Gasteiger partial charge on any atom is 0.338 e. The average molecular weight is 644 g/mol. The highest BCUT2D eigenvalue weighted by atomic mass is 79.9. The SMILES string of the molecule is CCOC(=O)c1cccc(-n2c(=O)c3c(C)c(Br)sc3n(CC(OC3CCOCC3)c3ccccc3OC)c2=O)c1. The molecule has 1 aliphatic heterocycles. The number of ether oxygens (including phenoxy) is 4. The lowest BCUT2D eigenvalue weighted by Crippen LogP contribution is -2.40. The van der Waals surface area contributed by atoms with Crippen LogP contribution >= 0.6 is 27.3 Å². The van der Waals surface area contributed by atoms with E-state index < -0.39 is 23.3 Å². The van der Waals surface area contributed by atoms with Gasteiger partial charge in [0.2, 0.25) is 0 Å². The molecule has 1 fully saturated rings. The van der Waals surface area contributed by atoms with Gasteiger partial charge >= 0.3 is 11.7 Å². The molecular weight excluding hydrogens is 612 g/mol. The van der Waals surface area contributed by atoms with Crippen molar-refractivity contribution in [1.29, 1.82) is 0 Å². The molecule has 0 saturated carbocycles. The zero-order chi connectivity index (χ0) is 29.1. The number of para-hydroxylation sites is 1. The van der Waals surface area contributed by atoms with Crippen LogP contribution in [0, 0.1) is 6.92 Å². The van der Waals surface area contributed by atoms with E-state index in [0.29, 0.717) is 29.2 Å². The van der Waals surface area contributed by atoms with E-state index in [2.05, 4.69) is 15.9 Å². The van der Waals surface area contributed by atoms with Crippen molar-refractivity contribution >= 4 is 43.5 Å². The highest BCUT2D eigenvalue weighted by Crippen LogP contribution is 2.35. The number of rotatable bonds is 9. The fourth-order valence-electron chi connectivity index (χ4n) is 5.05. The van der Waals surface area contributed by atoms with Crippen molar-refractivity contribution in [3.63, 3.8) is 0 Å². The Kier molecular flexibility index (Phi) is 9.08. The van der Waals surface area contributed by atoms with Crippen molar-refractivity contribution < 1.29 is 23.7 Å². The van der Waals surface area contributed by atoms with Crippen molar-refractivity contribution in [2.24, 2.45) is 0 Å². The standard InChI is InChI=1S/C30H31BrN2O7S/c1-4-39-29(35)19-8-7-9-20(16-19)33-27(34)25-18(2)26(31)41-28(25)32(30(33)36)17-24(40-21-12-14-38-15-13-21)22-10-5-6-11-23(22)37-3/h5-11,16,21,24H,4,12-15,17H2,1-3H3. The fraction of sp³-hybridized carbons (Fsp3) is 0.367. The first-order valence-corrected chi connectivity index (χ1v) is 15.0. The number of hydrogen-bond donors (Lipinski definition) is 0. The monoisotopic (exact) mass is 642 g/mol. The van der Waals surface area contributed by atoms with Gasteiger partial charge < -0.3 is 18.9 Å². The zero-order valence-corrected chi connectivity index (χ0v) is 25.5. The Morgan fingerprint density at radius 2 is 1.90 bits per heavy atom. The van der Waals surface area contributed by atoms with Crippen molar-refractivity contribution in [2.45, 2.75) is 45.4 Å². The van der Waals surface area contributed by atoms with Crippen LogP contribution in [0.2, 0.25) is 0 Å². The van der Waals surface area contributed by atoms with Crippen LogP contribution in [0.15, 0.2) is 61.9 Å². The summed E-state index contributed by atoms with van der Waals surface area (Å²) in [6.45, 7) is 5.11. The molecule has 5 rings (SSSR count). The molecule has 2 aromatic heterocycles. The minimum Gasteiger partial charge on any atom is -0.496 e. The van der Waals surface area contributed by atoms with Gasteiger partial charge in [-0.1, -0.05) is 24.3 Å². The third-order valence-corrected chi connectivity index (χ3v) is 9.31. The van der Waals surface area contributed by atoms with Crippen molar-refractivity contribution in [2.75, 3.05) is 26.9 Å². The van der Waals surface area contributed by atoms with Gasteiger partial charge in [-0.25, -0.2) is 14.2 Å². The van der Waals surface area contributed by atoms with Crippen molar-refractivity contribution in [1.82, 2.24) is 9.13 Å². The Morgan fingerprint density at radius 1 is 1.15 bits per heavy atom. The average Bonchev–Trinajstić information content (AvgIpc) is 3.29. The molecule has 0 aliphatic carbocycles. The summed E-state index contributed by atoms with van der Waals surface area (Å²) in [6.07, 6.45) is 0.862.